The van der Waals surface area contributed by atoms with Gasteiger partial charge in [-0.2, -0.15) is 0 Å². The summed E-state index contributed by atoms with van der Waals surface area (Å²) in [6.45, 7) is 0.870. The zero-order valence-corrected chi connectivity index (χ0v) is 9.15. The molecule has 0 bridgehead atoms. The second-order valence-corrected chi connectivity index (χ2v) is 4.13. The van der Waals surface area contributed by atoms with Gasteiger partial charge in [0.1, 0.15) is 19.5 Å². The van der Waals surface area contributed by atoms with E-state index in [4.69, 9.17) is 9.47 Å². The van der Waals surface area contributed by atoms with Crippen LogP contribution in [0.25, 0.3) is 0 Å². The van der Waals surface area contributed by atoms with E-state index in [2.05, 4.69) is 5.32 Å². The van der Waals surface area contributed by atoms with Crippen molar-refractivity contribution in [3.63, 3.8) is 0 Å². The van der Waals surface area contributed by atoms with Crippen LogP contribution in [0.5, 0.6) is 0 Å². The van der Waals surface area contributed by atoms with Gasteiger partial charge in [-0.05, 0) is 12.8 Å². The molecule has 5 nitrogen and oxygen atoms in total. The highest BCUT2D eigenvalue weighted by molar-refractivity contribution is 5.91. The number of amides is 1. The third-order valence-corrected chi connectivity index (χ3v) is 2.92. The third kappa shape index (κ3) is 2.66. The molecule has 0 unspecified atom stereocenters. The lowest BCUT2D eigenvalue weighted by atomic mass is 9.92. The summed E-state index contributed by atoms with van der Waals surface area (Å²) in [5.74, 6) is -0.102. The Kier molecular flexibility index (Phi) is 3.66. The fourth-order valence-corrected chi connectivity index (χ4v) is 2.01. The Morgan fingerprint density at radius 2 is 2.19 bits per heavy atom. The highest BCUT2D eigenvalue weighted by Gasteiger charge is 2.26. The Hall–Kier alpha value is -1.23. The molecule has 90 valence electrons. The van der Waals surface area contributed by atoms with Crippen LogP contribution >= 0.6 is 0 Å². The first kappa shape index (κ1) is 11.3. The number of carbonyl (C=O) groups excluding carboxylic acids is 1. The van der Waals surface area contributed by atoms with Crippen LogP contribution < -0.4 is 5.32 Å². The molecule has 1 fully saturated rings. The van der Waals surface area contributed by atoms with Crippen molar-refractivity contribution in [3.05, 3.63) is 12.0 Å². The minimum absolute atomic E-state index is 0.160. The van der Waals surface area contributed by atoms with Crippen molar-refractivity contribution in [3.8, 4) is 0 Å². The van der Waals surface area contributed by atoms with Gasteiger partial charge in [0.25, 0.3) is 5.91 Å². The molecule has 0 spiro atoms. The molecular weight excluding hydrogens is 210 g/mol. The van der Waals surface area contributed by atoms with E-state index in [0.29, 0.717) is 13.2 Å². The zero-order chi connectivity index (χ0) is 11.4. The third-order valence-electron chi connectivity index (χ3n) is 2.92. The van der Waals surface area contributed by atoms with E-state index in [0.717, 1.165) is 25.7 Å². The van der Waals surface area contributed by atoms with Crippen molar-refractivity contribution < 1.29 is 19.4 Å². The number of hydrogen-bond donors (Lipinski definition) is 2. The molecule has 1 aliphatic heterocycles. The maximum Gasteiger partial charge on any atom is 0.289 e. The van der Waals surface area contributed by atoms with E-state index >= 15 is 0 Å². The van der Waals surface area contributed by atoms with Gasteiger partial charge in [-0.1, -0.05) is 12.8 Å². The molecule has 5 heteroatoms. The monoisotopic (exact) mass is 227 g/mol. The number of aliphatic hydroxyl groups is 1. The molecule has 16 heavy (non-hydrogen) atoms. The Balaban J connectivity index is 1.88. The fourth-order valence-electron chi connectivity index (χ4n) is 2.01. The van der Waals surface area contributed by atoms with Crippen LogP contribution in [-0.4, -0.2) is 36.4 Å². The maximum atomic E-state index is 11.7. The smallest absolute Gasteiger partial charge is 0.289 e. The minimum Gasteiger partial charge on any atom is -0.494 e. The van der Waals surface area contributed by atoms with Gasteiger partial charge in [-0.15, -0.1) is 0 Å². The molecule has 0 aromatic carbocycles. The van der Waals surface area contributed by atoms with Gasteiger partial charge in [0.05, 0.1) is 12.1 Å². The van der Waals surface area contributed by atoms with E-state index < -0.39 is 6.10 Å². The summed E-state index contributed by atoms with van der Waals surface area (Å²) in [5.41, 5.74) is 0. The molecule has 1 amide bonds. The van der Waals surface area contributed by atoms with Crippen LogP contribution in [0.1, 0.15) is 25.7 Å². The summed E-state index contributed by atoms with van der Waals surface area (Å²) in [4.78, 5) is 11.7. The molecular formula is C11H17NO4. The Morgan fingerprint density at radius 1 is 1.38 bits per heavy atom. The molecule has 0 aromatic rings. The van der Waals surface area contributed by atoms with Crippen molar-refractivity contribution >= 4 is 5.91 Å². The Morgan fingerprint density at radius 3 is 2.88 bits per heavy atom. The van der Waals surface area contributed by atoms with Gasteiger partial charge in [0.2, 0.25) is 5.76 Å². The minimum atomic E-state index is -0.442. The van der Waals surface area contributed by atoms with Crippen LogP contribution in [0.15, 0.2) is 12.0 Å². The first-order valence-electron chi connectivity index (χ1n) is 5.71. The predicted molar refractivity (Wildman–Crippen MR) is 56.4 cm³/mol. The van der Waals surface area contributed by atoms with Gasteiger partial charge in [0.15, 0.2) is 0 Å². The predicted octanol–water partition coefficient (Wildman–Crippen LogP) is 0.294. The van der Waals surface area contributed by atoms with Crippen LogP contribution in [-0.2, 0) is 14.3 Å². The summed E-state index contributed by atoms with van der Waals surface area (Å²) < 4.78 is 10.2. The average Bonchev–Trinajstić information content (AvgIpc) is 2.33. The summed E-state index contributed by atoms with van der Waals surface area (Å²) in [7, 11) is 0. The van der Waals surface area contributed by atoms with Gasteiger partial charge < -0.3 is 19.9 Å². The average molecular weight is 227 g/mol. The van der Waals surface area contributed by atoms with Crippen LogP contribution in [0.2, 0.25) is 0 Å². The number of carbonyl (C=O) groups is 1. The van der Waals surface area contributed by atoms with Crippen molar-refractivity contribution in [2.24, 2.45) is 0 Å². The second-order valence-electron chi connectivity index (χ2n) is 4.13. The van der Waals surface area contributed by atoms with Gasteiger partial charge in [-0.25, -0.2) is 0 Å². The van der Waals surface area contributed by atoms with E-state index in [-0.39, 0.29) is 17.7 Å². The first-order chi connectivity index (χ1) is 7.77. The van der Waals surface area contributed by atoms with Crippen molar-refractivity contribution in [2.45, 2.75) is 37.8 Å². The first-order valence-corrected chi connectivity index (χ1v) is 5.71. The van der Waals surface area contributed by atoms with E-state index in [1.165, 1.54) is 6.26 Å². The lowest BCUT2D eigenvalue weighted by Crippen LogP contribution is -2.46. The largest absolute Gasteiger partial charge is 0.494 e. The van der Waals surface area contributed by atoms with Gasteiger partial charge in [0, 0.05) is 0 Å². The molecule has 1 heterocycles. The molecule has 0 radical (unpaired) electrons. The van der Waals surface area contributed by atoms with Crippen LogP contribution in [0, 0.1) is 0 Å². The SMILES string of the molecule is O=C(N[C@H]1CCCC[C@@H]1O)C1=COCCO1. The number of rotatable bonds is 2. The highest BCUT2D eigenvalue weighted by Crippen LogP contribution is 2.18. The molecule has 0 aromatic heterocycles. The zero-order valence-electron chi connectivity index (χ0n) is 9.15. The Labute approximate surface area is 94.4 Å². The van der Waals surface area contributed by atoms with E-state index in [1.54, 1.807) is 0 Å². The number of hydrogen-bond acceptors (Lipinski definition) is 4. The van der Waals surface area contributed by atoms with Crippen molar-refractivity contribution in [1.82, 2.24) is 5.32 Å². The normalized spacial score (nSPS) is 29.7. The van der Waals surface area contributed by atoms with Crippen molar-refractivity contribution in [1.29, 1.82) is 0 Å². The van der Waals surface area contributed by atoms with E-state index in [1.807, 2.05) is 0 Å². The van der Waals surface area contributed by atoms with Crippen LogP contribution in [0.3, 0.4) is 0 Å². The molecule has 2 atom stereocenters. The van der Waals surface area contributed by atoms with Crippen LogP contribution in [0.4, 0.5) is 0 Å². The second kappa shape index (κ2) is 5.21. The quantitative estimate of drug-likeness (QED) is 0.711. The molecule has 2 N–H and O–H groups in total. The van der Waals surface area contributed by atoms with Gasteiger partial charge >= 0.3 is 0 Å². The number of ether oxygens (including phenoxy) is 2. The topological polar surface area (TPSA) is 67.8 Å². The number of aliphatic hydroxyl groups excluding tert-OH is 1. The summed E-state index contributed by atoms with van der Waals surface area (Å²) in [5, 5.41) is 12.5. The Bertz CT molecular complexity index is 290. The molecule has 2 rings (SSSR count). The summed E-state index contributed by atoms with van der Waals surface area (Å²) >= 11 is 0. The fraction of sp³-hybridized carbons (Fsp3) is 0.727. The molecule has 1 saturated carbocycles. The molecule has 1 aliphatic carbocycles. The lowest BCUT2D eigenvalue weighted by Gasteiger charge is -2.28. The maximum absolute atomic E-state index is 11.7. The number of nitrogens with one attached hydrogen (secondary N) is 1. The summed E-state index contributed by atoms with van der Waals surface area (Å²) in [6, 6.07) is -0.160. The molecule has 0 saturated heterocycles. The standard InChI is InChI=1S/C11H17NO4/c13-9-4-2-1-3-8(9)12-11(14)10-7-15-5-6-16-10/h7-9,13H,1-6H2,(H,12,14)/t8-,9-/m0/s1. The lowest BCUT2D eigenvalue weighted by molar-refractivity contribution is -0.124. The highest BCUT2D eigenvalue weighted by atomic mass is 16.6. The summed E-state index contributed by atoms with van der Waals surface area (Å²) in [6.07, 6.45) is 4.52. The molecule has 2 aliphatic rings. The van der Waals surface area contributed by atoms with Gasteiger partial charge in [-0.3, -0.25) is 4.79 Å². The van der Waals surface area contributed by atoms with Crippen molar-refractivity contribution in [2.75, 3.05) is 13.2 Å². The van der Waals surface area contributed by atoms with E-state index in [9.17, 15) is 9.90 Å².